The Morgan fingerprint density at radius 2 is 1.36 bits per heavy atom. The molecule has 0 radical (unpaired) electrons. The van der Waals surface area contributed by atoms with E-state index >= 15 is 0 Å². The first-order valence-electron chi connectivity index (χ1n) is 4.92. The molecular formula is C10H14N4. The van der Waals surface area contributed by atoms with Crippen LogP contribution in [0.5, 0.6) is 0 Å². The van der Waals surface area contributed by atoms with E-state index in [9.17, 15) is 0 Å². The van der Waals surface area contributed by atoms with E-state index in [1.165, 1.54) is 0 Å². The van der Waals surface area contributed by atoms with Crippen molar-refractivity contribution in [2.45, 2.75) is 26.7 Å². The van der Waals surface area contributed by atoms with Crippen molar-refractivity contribution in [2.24, 2.45) is 0 Å². The van der Waals surface area contributed by atoms with Gasteiger partial charge in [-0.3, -0.25) is 10.2 Å². The molecule has 0 saturated heterocycles. The summed E-state index contributed by atoms with van der Waals surface area (Å²) in [5, 5.41) is 14.3. The molecule has 2 rings (SSSR count). The van der Waals surface area contributed by atoms with E-state index in [0.717, 1.165) is 35.6 Å². The molecule has 2 heterocycles. The Morgan fingerprint density at radius 1 is 0.929 bits per heavy atom. The lowest BCUT2D eigenvalue weighted by molar-refractivity contribution is 0.964. The van der Waals surface area contributed by atoms with Crippen molar-refractivity contribution in [1.82, 2.24) is 20.4 Å². The zero-order chi connectivity index (χ0) is 9.97. The molecule has 0 unspecified atom stereocenters. The zero-order valence-electron chi connectivity index (χ0n) is 8.46. The van der Waals surface area contributed by atoms with E-state index < -0.39 is 0 Å². The van der Waals surface area contributed by atoms with Gasteiger partial charge in [-0.1, -0.05) is 13.8 Å². The maximum Gasteiger partial charge on any atom is 0.113 e. The summed E-state index contributed by atoms with van der Waals surface area (Å²) < 4.78 is 0. The van der Waals surface area contributed by atoms with E-state index in [1.807, 2.05) is 12.1 Å². The number of aromatic nitrogens is 4. The summed E-state index contributed by atoms with van der Waals surface area (Å²) in [5.41, 5.74) is 4.11. The van der Waals surface area contributed by atoms with Crippen LogP contribution in [0.25, 0.3) is 11.4 Å². The fourth-order valence-electron chi connectivity index (χ4n) is 1.35. The molecule has 0 amide bonds. The maximum absolute atomic E-state index is 4.20. The Hall–Kier alpha value is -1.58. The average molecular weight is 190 g/mol. The first-order valence-corrected chi connectivity index (χ1v) is 4.92. The van der Waals surface area contributed by atoms with Crippen molar-refractivity contribution in [3.05, 3.63) is 23.5 Å². The highest BCUT2D eigenvalue weighted by molar-refractivity contribution is 5.54. The molecule has 2 aromatic heterocycles. The van der Waals surface area contributed by atoms with Crippen LogP contribution in [-0.4, -0.2) is 20.4 Å². The van der Waals surface area contributed by atoms with Gasteiger partial charge in [0, 0.05) is 11.4 Å². The van der Waals surface area contributed by atoms with Gasteiger partial charge in [0.2, 0.25) is 0 Å². The number of nitrogens with one attached hydrogen (secondary N) is 2. The van der Waals surface area contributed by atoms with Crippen LogP contribution in [0.1, 0.15) is 25.2 Å². The van der Waals surface area contributed by atoms with Gasteiger partial charge in [0.25, 0.3) is 0 Å². The van der Waals surface area contributed by atoms with Gasteiger partial charge >= 0.3 is 0 Å². The molecule has 0 aliphatic heterocycles. The van der Waals surface area contributed by atoms with Gasteiger partial charge in [0.05, 0.1) is 0 Å². The summed E-state index contributed by atoms with van der Waals surface area (Å²) in [7, 11) is 0. The third-order valence-electron chi connectivity index (χ3n) is 2.29. The highest BCUT2D eigenvalue weighted by Gasteiger charge is 2.06. The summed E-state index contributed by atoms with van der Waals surface area (Å²) in [5.74, 6) is 0. The van der Waals surface area contributed by atoms with Gasteiger partial charge in [-0.05, 0) is 25.0 Å². The van der Waals surface area contributed by atoms with E-state index in [2.05, 4.69) is 34.2 Å². The topological polar surface area (TPSA) is 57.4 Å². The van der Waals surface area contributed by atoms with Crippen LogP contribution >= 0.6 is 0 Å². The Morgan fingerprint density at radius 3 is 1.64 bits per heavy atom. The zero-order valence-corrected chi connectivity index (χ0v) is 8.46. The standard InChI is InChI=1S/C10H14N4/c1-3-7-5-9(13-11-7)10-6-8(4-2)12-14-10/h5-6H,3-4H2,1-2H3,(H,11,13)(H,12,14). The monoisotopic (exact) mass is 190 g/mol. The number of rotatable bonds is 3. The number of nitrogens with zero attached hydrogens (tertiary/aromatic N) is 2. The second kappa shape index (κ2) is 3.65. The molecule has 4 heteroatoms. The Labute approximate surface area is 82.7 Å². The first-order chi connectivity index (χ1) is 6.83. The lowest BCUT2D eigenvalue weighted by Gasteiger charge is -1.84. The van der Waals surface area contributed by atoms with Crippen molar-refractivity contribution in [2.75, 3.05) is 0 Å². The van der Waals surface area contributed by atoms with Crippen LogP contribution in [0.3, 0.4) is 0 Å². The Balaban J connectivity index is 2.29. The van der Waals surface area contributed by atoms with E-state index in [-0.39, 0.29) is 0 Å². The molecule has 2 N–H and O–H groups in total. The van der Waals surface area contributed by atoms with E-state index in [0.29, 0.717) is 0 Å². The molecule has 0 aliphatic carbocycles. The first kappa shape index (κ1) is 8.99. The second-order valence-electron chi connectivity index (χ2n) is 3.26. The van der Waals surface area contributed by atoms with Crippen LogP contribution in [0.15, 0.2) is 12.1 Å². The molecule has 0 atom stereocenters. The van der Waals surface area contributed by atoms with Crippen LogP contribution in [-0.2, 0) is 12.8 Å². The molecule has 0 bridgehead atoms. The molecule has 0 spiro atoms. The van der Waals surface area contributed by atoms with Crippen molar-refractivity contribution < 1.29 is 0 Å². The molecule has 0 fully saturated rings. The largest absolute Gasteiger partial charge is 0.282 e. The molecule has 0 aromatic carbocycles. The average Bonchev–Trinajstić information content (AvgIpc) is 2.86. The number of aryl methyl sites for hydroxylation is 2. The fraction of sp³-hybridized carbons (Fsp3) is 0.400. The van der Waals surface area contributed by atoms with Crippen LogP contribution < -0.4 is 0 Å². The highest BCUT2D eigenvalue weighted by Crippen LogP contribution is 2.16. The molecule has 0 aliphatic rings. The van der Waals surface area contributed by atoms with Gasteiger partial charge < -0.3 is 0 Å². The fourth-order valence-corrected chi connectivity index (χ4v) is 1.35. The quantitative estimate of drug-likeness (QED) is 0.776. The maximum atomic E-state index is 4.20. The number of hydrogen-bond donors (Lipinski definition) is 2. The summed E-state index contributed by atoms with van der Waals surface area (Å²) >= 11 is 0. The molecule has 4 nitrogen and oxygen atoms in total. The lowest BCUT2D eigenvalue weighted by atomic mass is 10.2. The molecule has 0 saturated carbocycles. The van der Waals surface area contributed by atoms with Gasteiger partial charge in [-0.2, -0.15) is 10.2 Å². The summed E-state index contributed by atoms with van der Waals surface area (Å²) in [6, 6.07) is 4.07. The highest BCUT2D eigenvalue weighted by atomic mass is 15.2. The lowest BCUT2D eigenvalue weighted by Crippen LogP contribution is -1.77. The Bertz CT molecular complexity index is 373. The van der Waals surface area contributed by atoms with Crippen LogP contribution in [0.2, 0.25) is 0 Å². The summed E-state index contributed by atoms with van der Waals surface area (Å²) in [4.78, 5) is 0. The summed E-state index contributed by atoms with van der Waals surface area (Å²) in [6.07, 6.45) is 1.94. The number of H-pyrrole nitrogens is 2. The van der Waals surface area contributed by atoms with E-state index in [1.54, 1.807) is 0 Å². The number of aromatic amines is 2. The van der Waals surface area contributed by atoms with Crippen molar-refractivity contribution >= 4 is 0 Å². The normalized spacial score (nSPS) is 10.7. The van der Waals surface area contributed by atoms with Crippen LogP contribution in [0, 0.1) is 0 Å². The third-order valence-corrected chi connectivity index (χ3v) is 2.29. The predicted octanol–water partition coefficient (Wildman–Crippen LogP) is 1.92. The van der Waals surface area contributed by atoms with E-state index in [4.69, 9.17) is 0 Å². The Kier molecular flexibility index (Phi) is 2.35. The van der Waals surface area contributed by atoms with Gasteiger partial charge in [0.1, 0.15) is 11.4 Å². The SMILES string of the molecule is CCc1cc(-c2cc(CC)[nH]n2)n[nH]1. The predicted molar refractivity (Wildman–Crippen MR) is 54.9 cm³/mol. The smallest absolute Gasteiger partial charge is 0.113 e. The third kappa shape index (κ3) is 1.55. The van der Waals surface area contributed by atoms with Crippen molar-refractivity contribution in [1.29, 1.82) is 0 Å². The minimum atomic E-state index is 0.915. The molecule has 74 valence electrons. The molecular weight excluding hydrogens is 176 g/mol. The summed E-state index contributed by atoms with van der Waals surface area (Å²) in [6.45, 7) is 4.19. The molecule has 14 heavy (non-hydrogen) atoms. The minimum absolute atomic E-state index is 0.915. The second-order valence-corrected chi connectivity index (χ2v) is 3.26. The minimum Gasteiger partial charge on any atom is -0.282 e. The van der Waals surface area contributed by atoms with Crippen LogP contribution in [0.4, 0.5) is 0 Å². The molecule has 2 aromatic rings. The van der Waals surface area contributed by atoms with Gasteiger partial charge in [0.15, 0.2) is 0 Å². The van der Waals surface area contributed by atoms with Crippen molar-refractivity contribution in [3.8, 4) is 11.4 Å². The van der Waals surface area contributed by atoms with Gasteiger partial charge in [-0.15, -0.1) is 0 Å². The van der Waals surface area contributed by atoms with Gasteiger partial charge in [-0.25, -0.2) is 0 Å². The number of hydrogen-bond acceptors (Lipinski definition) is 2. The van der Waals surface area contributed by atoms with Crippen molar-refractivity contribution in [3.63, 3.8) is 0 Å².